The minimum atomic E-state index is -3.77. The van der Waals surface area contributed by atoms with Gasteiger partial charge < -0.3 is 19.7 Å². The van der Waals surface area contributed by atoms with Crippen molar-refractivity contribution in [3.63, 3.8) is 0 Å². The highest BCUT2D eigenvalue weighted by Crippen LogP contribution is 2.48. The van der Waals surface area contributed by atoms with Gasteiger partial charge in [0.1, 0.15) is 5.75 Å². The normalized spacial score (nSPS) is 23.7. The molecule has 46 heavy (non-hydrogen) atoms. The van der Waals surface area contributed by atoms with Crippen LogP contribution in [0.15, 0.2) is 48.6 Å². The molecular formula is C36H52ClN3O5S. The van der Waals surface area contributed by atoms with Crippen molar-refractivity contribution in [3.05, 3.63) is 70.3 Å². The van der Waals surface area contributed by atoms with Crippen LogP contribution in [0.5, 0.6) is 5.75 Å². The van der Waals surface area contributed by atoms with Gasteiger partial charge in [-0.05, 0) is 127 Å². The number of methoxy groups -OCH3 is 1. The molecule has 1 aliphatic heterocycles. The van der Waals surface area contributed by atoms with Crippen LogP contribution in [-0.2, 0) is 26.6 Å². The lowest BCUT2D eigenvalue weighted by molar-refractivity contribution is -0.0621. The molecule has 2 N–H and O–H groups in total. The monoisotopic (exact) mass is 673 g/mol. The Bertz CT molecular complexity index is 1510. The van der Waals surface area contributed by atoms with Crippen LogP contribution in [0.2, 0.25) is 5.02 Å². The van der Waals surface area contributed by atoms with Crippen molar-refractivity contribution in [3.8, 4) is 5.75 Å². The third-order valence-electron chi connectivity index (χ3n) is 9.89. The zero-order valence-corrected chi connectivity index (χ0v) is 30.1. The van der Waals surface area contributed by atoms with Gasteiger partial charge in [-0.2, -0.15) is 0 Å². The Morgan fingerprint density at radius 3 is 2.59 bits per heavy atom. The van der Waals surface area contributed by atoms with E-state index in [1.165, 1.54) is 11.1 Å². The molecule has 2 aliphatic carbocycles. The molecule has 254 valence electrons. The fraction of sp³-hybridized carbons (Fsp3) is 0.583. The molecule has 0 saturated heterocycles. The van der Waals surface area contributed by atoms with Crippen LogP contribution in [0, 0.1) is 11.8 Å². The third kappa shape index (κ3) is 7.75. The molecule has 0 aromatic heterocycles. The zero-order valence-electron chi connectivity index (χ0n) is 28.5. The SMILES string of the molecule is CC/C=C/[C@](C)(OC)C1CCC1CN1C[C@@]2(CCCc3cc(Cl)ccc32)COc2ccc(C(=O)NS(=O)(=O)C(C)C)cc21.CNC. The minimum absolute atomic E-state index is 0.244. The first-order valence-corrected chi connectivity index (χ1v) is 18.4. The summed E-state index contributed by atoms with van der Waals surface area (Å²) in [6, 6.07) is 11.5. The average Bonchev–Trinajstić information content (AvgIpc) is 3.15. The topological polar surface area (TPSA) is 97.0 Å². The standard InChI is InChI=1S/C34H45ClN2O5S.C2H7N/c1-6-7-16-33(4,41-5)28-13-10-26(28)20-37-21-34(17-8-9-24-18-27(35)12-14-29(24)34)22-42-31-15-11-25(19-30(31)37)32(38)36-43(39,40)23(2)3;1-3-2/h7,11-12,14-16,18-19,23,26,28H,6,8-10,13,17,20-22H2,1-5H3,(H,36,38);3H,1-2H3/b16-7+;/t26?,28?,33-,34-;/m0./s1. The largest absolute Gasteiger partial charge is 0.490 e. The Morgan fingerprint density at radius 1 is 1.22 bits per heavy atom. The number of hydrogen-bond donors (Lipinski definition) is 2. The van der Waals surface area contributed by atoms with Crippen molar-refractivity contribution in [2.75, 3.05) is 45.8 Å². The number of nitrogens with zero attached hydrogens (tertiary/aromatic N) is 1. The molecule has 8 nitrogen and oxygen atoms in total. The predicted molar refractivity (Wildman–Crippen MR) is 188 cm³/mol. The molecule has 1 heterocycles. The smallest absolute Gasteiger partial charge is 0.264 e. The quantitative estimate of drug-likeness (QED) is 0.293. The van der Waals surface area contributed by atoms with Crippen LogP contribution in [0.25, 0.3) is 0 Å². The number of carbonyl (C=O) groups is 1. The highest BCUT2D eigenvalue weighted by atomic mass is 35.5. The number of benzene rings is 2. The summed E-state index contributed by atoms with van der Waals surface area (Å²) in [7, 11) is 1.77. The zero-order chi connectivity index (χ0) is 33.7. The van der Waals surface area contributed by atoms with Crippen LogP contribution < -0.4 is 19.7 Å². The first-order valence-electron chi connectivity index (χ1n) is 16.5. The Labute approximate surface area is 281 Å². The lowest BCUT2D eigenvalue weighted by atomic mass is 9.64. The summed E-state index contributed by atoms with van der Waals surface area (Å²) in [6.07, 6.45) is 10.5. The summed E-state index contributed by atoms with van der Waals surface area (Å²) in [5.74, 6) is 0.800. The summed E-state index contributed by atoms with van der Waals surface area (Å²) in [5, 5.41) is 2.78. The molecule has 2 unspecified atom stereocenters. The summed E-state index contributed by atoms with van der Waals surface area (Å²) in [4.78, 5) is 15.5. The van der Waals surface area contributed by atoms with Gasteiger partial charge in [-0.1, -0.05) is 36.7 Å². The molecule has 2 aromatic carbocycles. The Morgan fingerprint density at radius 2 is 1.96 bits per heavy atom. The van der Waals surface area contributed by atoms with Gasteiger partial charge in [-0.3, -0.25) is 4.79 Å². The van der Waals surface area contributed by atoms with Crippen LogP contribution >= 0.6 is 11.6 Å². The van der Waals surface area contributed by atoms with E-state index in [4.69, 9.17) is 21.1 Å². The highest BCUT2D eigenvalue weighted by molar-refractivity contribution is 7.90. The van der Waals surface area contributed by atoms with E-state index in [-0.39, 0.29) is 11.0 Å². The maximum absolute atomic E-state index is 13.2. The summed E-state index contributed by atoms with van der Waals surface area (Å²) in [6.45, 7) is 9.43. The van der Waals surface area contributed by atoms with E-state index in [1.807, 2.05) is 26.2 Å². The lowest BCUT2D eigenvalue weighted by Gasteiger charge is -2.49. The lowest BCUT2D eigenvalue weighted by Crippen LogP contribution is -2.52. The molecule has 1 spiro atoms. The Balaban J connectivity index is 0.00000154. The number of ether oxygens (including phenoxy) is 2. The van der Waals surface area contributed by atoms with E-state index in [2.05, 4.69) is 53.1 Å². The second-order valence-corrected chi connectivity index (χ2v) is 16.1. The molecule has 1 fully saturated rings. The number of anilines is 1. The maximum Gasteiger partial charge on any atom is 0.264 e. The van der Waals surface area contributed by atoms with Gasteiger partial charge in [0.2, 0.25) is 10.0 Å². The van der Waals surface area contributed by atoms with Crippen molar-refractivity contribution < 1.29 is 22.7 Å². The van der Waals surface area contributed by atoms with E-state index >= 15 is 0 Å². The van der Waals surface area contributed by atoms with E-state index < -0.39 is 21.2 Å². The average molecular weight is 674 g/mol. The molecule has 4 atom stereocenters. The fourth-order valence-corrected chi connectivity index (χ4v) is 7.89. The number of carbonyl (C=O) groups excluding carboxylic acids is 1. The molecule has 1 amide bonds. The number of fused-ring (bicyclic) bond motifs is 3. The summed E-state index contributed by atoms with van der Waals surface area (Å²) < 4.78 is 39.9. The fourth-order valence-electron chi connectivity index (χ4n) is 7.08. The van der Waals surface area contributed by atoms with E-state index in [0.717, 1.165) is 62.3 Å². The van der Waals surface area contributed by atoms with Gasteiger partial charge in [0.25, 0.3) is 5.91 Å². The van der Waals surface area contributed by atoms with Crippen molar-refractivity contribution in [2.45, 2.75) is 82.5 Å². The number of allylic oxidation sites excluding steroid dienone is 1. The van der Waals surface area contributed by atoms with Gasteiger partial charge in [0.15, 0.2) is 0 Å². The number of aryl methyl sites for hydroxylation is 1. The van der Waals surface area contributed by atoms with Crippen LogP contribution in [0.3, 0.4) is 0 Å². The minimum Gasteiger partial charge on any atom is -0.490 e. The second kappa shape index (κ2) is 15.1. The van der Waals surface area contributed by atoms with Crippen LogP contribution in [-0.4, -0.2) is 66.1 Å². The Hall–Kier alpha value is -2.59. The molecule has 3 aliphatic rings. The molecule has 5 rings (SSSR count). The number of sulfonamides is 1. The highest BCUT2D eigenvalue weighted by Gasteiger charge is 2.47. The number of amides is 1. The van der Waals surface area contributed by atoms with Crippen molar-refractivity contribution >= 4 is 33.2 Å². The van der Waals surface area contributed by atoms with E-state index in [1.54, 1.807) is 33.1 Å². The number of hydrogen-bond acceptors (Lipinski definition) is 7. The van der Waals surface area contributed by atoms with Crippen molar-refractivity contribution in [2.24, 2.45) is 11.8 Å². The van der Waals surface area contributed by atoms with Gasteiger partial charge in [-0.25, -0.2) is 13.1 Å². The summed E-state index contributed by atoms with van der Waals surface area (Å²) >= 11 is 6.41. The van der Waals surface area contributed by atoms with Crippen LogP contribution in [0.4, 0.5) is 5.69 Å². The molecule has 0 radical (unpaired) electrons. The van der Waals surface area contributed by atoms with Gasteiger partial charge >= 0.3 is 0 Å². The molecule has 2 aromatic rings. The molecule has 1 saturated carbocycles. The van der Waals surface area contributed by atoms with Crippen molar-refractivity contribution in [1.29, 1.82) is 0 Å². The maximum atomic E-state index is 13.2. The second-order valence-electron chi connectivity index (χ2n) is 13.5. The first kappa shape index (κ1) is 36.2. The van der Waals surface area contributed by atoms with Gasteiger partial charge in [0.05, 0.1) is 23.1 Å². The Kier molecular flexibility index (Phi) is 11.9. The predicted octanol–water partition coefficient (Wildman–Crippen LogP) is 6.51. The van der Waals surface area contributed by atoms with Crippen molar-refractivity contribution in [1.82, 2.24) is 10.0 Å². The van der Waals surface area contributed by atoms with E-state index in [0.29, 0.717) is 29.8 Å². The molecule has 0 bridgehead atoms. The number of halogens is 1. The number of nitrogens with one attached hydrogen (secondary N) is 2. The molecule has 10 heteroatoms. The van der Waals surface area contributed by atoms with E-state index in [9.17, 15) is 13.2 Å². The summed E-state index contributed by atoms with van der Waals surface area (Å²) in [5.41, 5.74) is 3.06. The first-order chi connectivity index (χ1) is 21.8. The number of rotatable bonds is 9. The van der Waals surface area contributed by atoms with Crippen LogP contribution in [0.1, 0.15) is 81.3 Å². The van der Waals surface area contributed by atoms with Gasteiger partial charge in [-0.15, -0.1) is 0 Å². The third-order valence-corrected chi connectivity index (χ3v) is 11.8. The molecular weight excluding hydrogens is 622 g/mol. The van der Waals surface area contributed by atoms with Gasteiger partial charge in [0, 0.05) is 36.2 Å².